The van der Waals surface area contributed by atoms with E-state index >= 15 is 0 Å². The zero-order valence-electron chi connectivity index (χ0n) is 15.7. The van der Waals surface area contributed by atoms with E-state index in [1.165, 1.54) is 12.5 Å². The molecule has 1 N–H and O–H groups in total. The standard InChI is InChI=1S/C20H24N4O4/c25-19(15-3-6-24(7-4-15)20(26)16-5-10-28-14-16)22-18-2-1-17(13-21-18)23-8-11-27-12-9-23/h1-2,5,10,13-15H,3-4,6-9,11-12H2,(H,21,22,25). The fourth-order valence-electron chi connectivity index (χ4n) is 3.61. The van der Waals surface area contributed by atoms with Crippen LogP contribution < -0.4 is 10.2 Å². The van der Waals surface area contributed by atoms with Gasteiger partial charge in [-0.15, -0.1) is 0 Å². The van der Waals surface area contributed by atoms with E-state index in [1.54, 1.807) is 17.2 Å². The van der Waals surface area contributed by atoms with E-state index in [-0.39, 0.29) is 17.7 Å². The van der Waals surface area contributed by atoms with Crippen molar-refractivity contribution in [1.82, 2.24) is 9.88 Å². The number of hydrogen-bond acceptors (Lipinski definition) is 6. The van der Waals surface area contributed by atoms with Crippen LogP contribution in [0.4, 0.5) is 11.5 Å². The number of morpholine rings is 1. The number of aromatic nitrogens is 1. The molecule has 28 heavy (non-hydrogen) atoms. The van der Waals surface area contributed by atoms with Gasteiger partial charge in [0.25, 0.3) is 5.91 Å². The first-order valence-corrected chi connectivity index (χ1v) is 9.62. The van der Waals surface area contributed by atoms with Gasteiger partial charge in [0.15, 0.2) is 0 Å². The van der Waals surface area contributed by atoms with Gasteiger partial charge < -0.3 is 24.3 Å². The maximum Gasteiger partial charge on any atom is 0.257 e. The second-order valence-electron chi connectivity index (χ2n) is 7.07. The van der Waals surface area contributed by atoms with Crippen molar-refractivity contribution in [2.24, 2.45) is 5.92 Å². The van der Waals surface area contributed by atoms with E-state index in [4.69, 9.17) is 9.15 Å². The number of likely N-dealkylation sites (tertiary alicyclic amines) is 1. The number of hydrogen-bond donors (Lipinski definition) is 1. The first kappa shape index (κ1) is 18.5. The van der Waals surface area contributed by atoms with Gasteiger partial charge in [0.05, 0.1) is 36.9 Å². The molecule has 2 amide bonds. The van der Waals surface area contributed by atoms with Crippen LogP contribution in [0.15, 0.2) is 41.3 Å². The van der Waals surface area contributed by atoms with Crippen LogP contribution in [-0.2, 0) is 9.53 Å². The minimum atomic E-state index is -0.117. The Balaban J connectivity index is 1.28. The zero-order chi connectivity index (χ0) is 19.3. The van der Waals surface area contributed by atoms with E-state index < -0.39 is 0 Å². The Kier molecular flexibility index (Phi) is 5.57. The Morgan fingerprint density at radius 3 is 2.50 bits per heavy atom. The minimum Gasteiger partial charge on any atom is -0.472 e. The zero-order valence-corrected chi connectivity index (χ0v) is 15.7. The lowest BCUT2D eigenvalue weighted by atomic mass is 9.95. The second-order valence-corrected chi connectivity index (χ2v) is 7.07. The van der Waals surface area contributed by atoms with E-state index in [1.807, 2.05) is 12.1 Å². The van der Waals surface area contributed by atoms with Crippen LogP contribution in [0.3, 0.4) is 0 Å². The maximum absolute atomic E-state index is 12.6. The van der Waals surface area contributed by atoms with Crippen molar-refractivity contribution in [2.75, 3.05) is 49.6 Å². The average Bonchev–Trinajstić information content (AvgIpc) is 3.29. The smallest absolute Gasteiger partial charge is 0.257 e. The Morgan fingerprint density at radius 2 is 1.86 bits per heavy atom. The lowest BCUT2D eigenvalue weighted by Gasteiger charge is -2.31. The first-order valence-electron chi connectivity index (χ1n) is 9.62. The summed E-state index contributed by atoms with van der Waals surface area (Å²) >= 11 is 0. The number of piperidine rings is 1. The Morgan fingerprint density at radius 1 is 1.07 bits per heavy atom. The van der Waals surface area contributed by atoms with Crippen LogP contribution in [0, 0.1) is 5.92 Å². The van der Waals surface area contributed by atoms with Crippen LogP contribution in [0.5, 0.6) is 0 Å². The monoisotopic (exact) mass is 384 g/mol. The number of amides is 2. The summed E-state index contributed by atoms with van der Waals surface area (Å²) in [6, 6.07) is 5.47. The lowest BCUT2D eigenvalue weighted by molar-refractivity contribution is -0.121. The van der Waals surface area contributed by atoms with Crippen LogP contribution >= 0.6 is 0 Å². The summed E-state index contributed by atoms with van der Waals surface area (Å²) < 4.78 is 10.3. The predicted molar refractivity (Wildman–Crippen MR) is 103 cm³/mol. The molecule has 4 heterocycles. The maximum atomic E-state index is 12.6. The van der Waals surface area contributed by atoms with Crippen molar-refractivity contribution in [1.29, 1.82) is 0 Å². The number of carbonyl (C=O) groups excluding carboxylic acids is 2. The topological polar surface area (TPSA) is 87.9 Å². The van der Waals surface area contributed by atoms with E-state index in [0.29, 0.717) is 37.3 Å². The highest BCUT2D eigenvalue weighted by molar-refractivity contribution is 5.94. The molecule has 2 aromatic heterocycles. The number of anilines is 2. The Labute approximate surface area is 163 Å². The molecule has 0 radical (unpaired) electrons. The molecule has 0 bridgehead atoms. The minimum absolute atomic E-state index is 0.0398. The van der Waals surface area contributed by atoms with Gasteiger partial charge >= 0.3 is 0 Å². The molecule has 4 rings (SSSR count). The fourth-order valence-corrected chi connectivity index (χ4v) is 3.61. The molecular formula is C20H24N4O4. The van der Waals surface area contributed by atoms with Crippen LogP contribution in [-0.4, -0.2) is 61.1 Å². The lowest BCUT2D eigenvalue weighted by Crippen LogP contribution is -2.41. The molecule has 0 aromatic carbocycles. The number of carbonyl (C=O) groups is 2. The summed E-state index contributed by atoms with van der Waals surface area (Å²) in [6.07, 6.45) is 6.01. The number of nitrogens with zero attached hydrogens (tertiary/aromatic N) is 3. The van der Waals surface area contributed by atoms with Gasteiger partial charge in [-0.3, -0.25) is 9.59 Å². The van der Waals surface area contributed by atoms with Gasteiger partial charge in [0.2, 0.25) is 5.91 Å². The summed E-state index contributed by atoms with van der Waals surface area (Å²) in [5, 5.41) is 2.90. The molecule has 0 spiro atoms. The first-order chi connectivity index (χ1) is 13.7. The average molecular weight is 384 g/mol. The van der Waals surface area contributed by atoms with Gasteiger partial charge in [0, 0.05) is 32.1 Å². The number of furan rings is 1. The van der Waals surface area contributed by atoms with Gasteiger partial charge in [0.1, 0.15) is 12.1 Å². The highest BCUT2D eigenvalue weighted by Gasteiger charge is 2.28. The largest absolute Gasteiger partial charge is 0.472 e. The SMILES string of the molecule is O=C(Nc1ccc(N2CCOCC2)cn1)C1CCN(C(=O)c2ccoc2)CC1. The summed E-state index contributed by atoms with van der Waals surface area (Å²) in [5.74, 6) is 0.350. The van der Waals surface area contributed by atoms with Crippen molar-refractivity contribution >= 4 is 23.3 Å². The number of nitrogens with one attached hydrogen (secondary N) is 1. The van der Waals surface area contributed by atoms with Crippen LogP contribution in [0.25, 0.3) is 0 Å². The van der Waals surface area contributed by atoms with Gasteiger partial charge in [-0.1, -0.05) is 0 Å². The predicted octanol–water partition coefficient (Wildman–Crippen LogP) is 2.00. The molecule has 0 aliphatic carbocycles. The highest BCUT2D eigenvalue weighted by atomic mass is 16.5. The van der Waals surface area contributed by atoms with E-state index in [9.17, 15) is 9.59 Å². The Hall–Kier alpha value is -2.87. The molecule has 2 fully saturated rings. The quantitative estimate of drug-likeness (QED) is 0.868. The van der Waals surface area contributed by atoms with E-state index in [0.717, 1.165) is 32.0 Å². The summed E-state index contributed by atoms with van der Waals surface area (Å²) in [4.78, 5) is 33.3. The molecule has 0 saturated carbocycles. The molecule has 2 aliphatic heterocycles. The summed E-state index contributed by atoms with van der Waals surface area (Å²) in [7, 11) is 0. The van der Waals surface area contributed by atoms with Gasteiger partial charge in [-0.25, -0.2) is 4.98 Å². The number of ether oxygens (including phenoxy) is 1. The van der Waals surface area contributed by atoms with Gasteiger partial charge in [-0.2, -0.15) is 0 Å². The summed E-state index contributed by atoms with van der Waals surface area (Å²) in [6.45, 7) is 4.27. The molecule has 2 saturated heterocycles. The molecule has 8 heteroatoms. The van der Waals surface area contributed by atoms with Crippen molar-refractivity contribution < 1.29 is 18.7 Å². The van der Waals surface area contributed by atoms with Crippen LogP contribution in [0.2, 0.25) is 0 Å². The molecular weight excluding hydrogens is 360 g/mol. The van der Waals surface area contributed by atoms with E-state index in [2.05, 4.69) is 15.2 Å². The van der Waals surface area contributed by atoms with Crippen molar-refractivity contribution in [3.8, 4) is 0 Å². The van der Waals surface area contributed by atoms with Crippen molar-refractivity contribution in [3.63, 3.8) is 0 Å². The molecule has 2 aromatic rings. The molecule has 2 aliphatic rings. The third kappa shape index (κ3) is 4.17. The second kappa shape index (κ2) is 8.43. The molecule has 8 nitrogen and oxygen atoms in total. The third-order valence-corrected chi connectivity index (χ3v) is 5.30. The third-order valence-electron chi connectivity index (χ3n) is 5.30. The van der Waals surface area contributed by atoms with Crippen molar-refractivity contribution in [2.45, 2.75) is 12.8 Å². The Bertz CT molecular complexity index is 792. The summed E-state index contributed by atoms with van der Waals surface area (Å²) in [5.41, 5.74) is 1.58. The fraction of sp³-hybridized carbons (Fsp3) is 0.450. The molecule has 0 unspecified atom stereocenters. The van der Waals surface area contributed by atoms with Crippen molar-refractivity contribution in [3.05, 3.63) is 42.5 Å². The molecule has 148 valence electrons. The normalized spacial score (nSPS) is 18.1. The number of rotatable bonds is 4. The highest BCUT2D eigenvalue weighted by Crippen LogP contribution is 2.22. The molecule has 0 atom stereocenters. The number of pyridine rings is 1. The van der Waals surface area contributed by atoms with Gasteiger partial charge in [-0.05, 0) is 31.0 Å². The van der Waals surface area contributed by atoms with Crippen LogP contribution in [0.1, 0.15) is 23.2 Å².